The molecule has 7 heteroatoms. The summed E-state index contributed by atoms with van der Waals surface area (Å²) >= 11 is 0. The quantitative estimate of drug-likeness (QED) is 0.304. The fourth-order valence-electron chi connectivity index (χ4n) is 7.91. The highest BCUT2D eigenvalue weighted by atomic mass is 16.3. The summed E-state index contributed by atoms with van der Waals surface area (Å²) in [5.41, 5.74) is 14.5. The van der Waals surface area contributed by atoms with E-state index in [1.807, 2.05) is 33.8 Å². The first-order valence-electron chi connectivity index (χ1n) is 13.1. The van der Waals surface area contributed by atoms with Crippen LogP contribution in [0.5, 0.6) is 0 Å². The second kappa shape index (κ2) is 7.10. The average Bonchev–Trinajstić information content (AvgIpc) is 3.75. The van der Waals surface area contributed by atoms with E-state index in [1.165, 1.54) is 0 Å². The molecule has 2 atom stereocenters. The molecule has 0 radical (unpaired) electrons. The van der Waals surface area contributed by atoms with Crippen LogP contribution in [0.3, 0.4) is 0 Å². The molecule has 0 aromatic rings. The summed E-state index contributed by atoms with van der Waals surface area (Å²) in [6, 6.07) is 0. The molecule has 2 saturated carbocycles. The Bertz CT molecular complexity index is 1490. The van der Waals surface area contributed by atoms with Gasteiger partial charge < -0.3 is 10.2 Å². The standard InChI is InChI=1S/C30H33N3O4/c1-14-11-20-22(16(3)29(7-8-29)27(5,36)25(20)34)18(14)12-19-15(2)21(13-32-33-31)23-17(4)30(9-10-30)28(6,37)26(35)24(19)23/h11,36-37H,7-10,12-13H2,1-6H3/t27-,28-/m0/s1. The predicted octanol–water partition coefficient (Wildman–Crippen LogP) is 5.43. The van der Waals surface area contributed by atoms with Crippen molar-refractivity contribution in [1.82, 2.24) is 0 Å². The lowest BCUT2D eigenvalue weighted by Crippen LogP contribution is -2.49. The summed E-state index contributed by atoms with van der Waals surface area (Å²) in [7, 11) is 0. The number of carbonyl (C=O) groups is 2. The number of nitrogens with zero attached hydrogens (tertiary/aromatic N) is 3. The molecule has 2 N–H and O–H groups in total. The number of hydrogen-bond acceptors (Lipinski definition) is 5. The SMILES string of the molecule is CC1=C(CC2=C3C(=O)[C@](C)(O)C4(CC4)C(C)=C3C(CN=[N+]=[N-])=C2C)C2=C(C)C3(CC3)[C@@](C)(O)C(=O)C2=C1. The third-order valence-electron chi connectivity index (χ3n) is 10.7. The molecule has 2 spiro atoms. The highest BCUT2D eigenvalue weighted by Gasteiger charge is 2.66. The molecule has 6 aliphatic carbocycles. The smallest absolute Gasteiger partial charge is 0.195 e. The van der Waals surface area contributed by atoms with Gasteiger partial charge in [-0.25, -0.2) is 0 Å². The van der Waals surface area contributed by atoms with Crippen molar-refractivity contribution in [2.24, 2.45) is 15.9 Å². The summed E-state index contributed by atoms with van der Waals surface area (Å²) in [4.78, 5) is 30.4. The van der Waals surface area contributed by atoms with E-state index in [-0.39, 0.29) is 18.1 Å². The number of carbonyl (C=O) groups excluding carboxylic acids is 2. The maximum atomic E-state index is 14.0. The lowest BCUT2D eigenvalue weighted by Gasteiger charge is -2.40. The van der Waals surface area contributed by atoms with Gasteiger partial charge in [0.25, 0.3) is 0 Å². The molecule has 0 aromatic carbocycles. The Labute approximate surface area is 216 Å². The van der Waals surface area contributed by atoms with Crippen LogP contribution < -0.4 is 0 Å². The van der Waals surface area contributed by atoms with Gasteiger partial charge in [0, 0.05) is 26.9 Å². The van der Waals surface area contributed by atoms with Gasteiger partial charge in [-0.1, -0.05) is 16.3 Å². The van der Waals surface area contributed by atoms with E-state index >= 15 is 0 Å². The molecule has 2 fully saturated rings. The average molecular weight is 500 g/mol. The van der Waals surface area contributed by atoms with Gasteiger partial charge >= 0.3 is 0 Å². The van der Waals surface area contributed by atoms with Crippen molar-refractivity contribution < 1.29 is 19.8 Å². The Kier molecular flexibility index (Phi) is 4.67. The number of fused-ring (bicyclic) bond motifs is 2. The van der Waals surface area contributed by atoms with Crippen molar-refractivity contribution in [1.29, 1.82) is 0 Å². The normalized spacial score (nSPS) is 33.0. The van der Waals surface area contributed by atoms with Gasteiger partial charge in [-0.15, -0.1) is 0 Å². The molecule has 0 bridgehead atoms. The van der Waals surface area contributed by atoms with Gasteiger partial charge in [-0.3, -0.25) is 9.59 Å². The van der Waals surface area contributed by atoms with Crippen LogP contribution in [0.1, 0.15) is 73.6 Å². The minimum Gasteiger partial charge on any atom is -0.381 e. The summed E-state index contributed by atoms with van der Waals surface area (Å²) in [5, 5.41) is 26.6. The van der Waals surface area contributed by atoms with Crippen LogP contribution >= 0.6 is 0 Å². The Morgan fingerprint density at radius 3 is 1.92 bits per heavy atom. The Hall–Kier alpha value is -2.99. The molecule has 0 aliphatic heterocycles. The second-order valence-electron chi connectivity index (χ2n) is 12.2. The van der Waals surface area contributed by atoms with Crippen LogP contribution in [-0.2, 0) is 9.59 Å². The van der Waals surface area contributed by atoms with E-state index in [9.17, 15) is 19.8 Å². The van der Waals surface area contributed by atoms with Crippen LogP contribution in [-0.4, -0.2) is 39.5 Å². The molecule has 37 heavy (non-hydrogen) atoms. The zero-order valence-electron chi connectivity index (χ0n) is 22.4. The molecule has 0 unspecified atom stereocenters. The molecule has 0 amide bonds. The van der Waals surface area contributed by atoms with E-state index in [1.54, 1.807) is 13.8 Å². The van der Waals surface area contributed by atoms with Gasteiger partial charge in [0.1, 0.15) is 11.2 Å². The highest BCUT2D eigenvalue weighted by Crippen LogP contribution is 2.67. The van der Waals surface area contributed by atoms with Crippen LogP contribution in [0.2, 0.25) is 0 Å². The number of ketones is 2. The van der Waals surface area contributed by atoms with Crippen molar-refractivity contribution in [2.45, 2.75) is 84.8 Å². The van der Waals surface area contributed by atoms with Crippen LogP contribution in [0, 0.1) is 10.8 Å². The molecule has 0 heterocycles. The van der Waals surface area contributed by atoms with E-state index in [0.29, 0.717) is 17.6 Å². The topological polar surface area (TPSA) is 123 Å². The minimum absolute atomic E-state index is 0.140. The van der Waals surface area contributed by atoms with E-state index in [0.717, 1.165) is 75.8 Å². The van der Waals surface area contributed by atoms with Gasteiger partial charge in [0.15, 0.2) is 11.6 Å². The Morgan fingerprint density at radius 1 is 0.838 bits per heavy atom. The highest BCUT2D eigenvalue weighted by molar-refractivity contribution is 6.13. The number of hydrogen-bond donors (Lipinski definition) is 2. The first kappa shape index (κ1) is 24.4. The first-order chi connectivity index (χ1) is 17.3. The van der Waals surface area contributed by atoms with Crippen molar-refractivity contribution in [3.8, 4) is 0 Å². The van der Waals surface area contributed by atoms with E-state index in [4.69, 9.17) is 5.53 Å². The lowest BCUT2D eigenvalue weighted by atomic mass is 9.66. The summed E-state index contributed by atoms with van der Waals surface area (Å²) < 4.78 is 0. The fourth-order valence-corrected chi connectivity index (χ4v) is 7.91. The van der Waals surface area contributed by atoms with Gasteiger partial charge in [0.05, 0.1) is 6.54 Å². The minimum atomic E-state index is -1.50. The largest absolute Gasteiger partial charge is 0.381 e. The van der Waals surface area contributed by atoms with E-state index in [2.05, 4.69) is 10.0 Å². The first-order valence-corrected chi connectivity index (χ1v) is 13.1. The van der Waals surface area contributed by atoms with Crippen molar-refractivity contribution in [3.05, 3.63) is 77.8 Å². The van der Waals surface area contributed by atoms with Gasteiger partial charge in [0.2, 0.25) is 0 Å². The maximum Gasteiger partial charge on any atom is 0.195 e. The molecule has 6 rings (SSSR count). The summed E-state index contributed by atoms with van der Waals surface area (Å²) in [5.74, 6) is -0.503. The lowest BCUT2D eigenvalue weighted by molar-refractivity contribution is -0.138. The van der Waals surface area contributed by atoms with Crippen LogP contribution in [0.15, 0.2) is 72.5 Å². The van der Waals surface area contributed by atoms with Crippen molar-refractivity contribution in [3.63, 3.8) is 0 Å². The number of Topliss-reactive ketones (excluding diaryl/α,β-unsaturated/α-hetero) is 2. The Balaban J connectivity index is 1.54. The second-order valence-corrected chi connectivity index (χ2v) is 12.2. The number of rotatable bonds is 4. The zero-order valence-corrected chi connectivity index (χ0v) is 22.4. The van der Waals surface area contributed by atoms with Crippen molar-refractivity contribution in [2.75, 3.05) is 6.54 Å². The molecule has 7 nitrogen and oxygen atoms in total. The molecular weight excluding hydrogens is 466 g/mol. The third kappa shape index (κ3) is 2.67. The molecule has 192 valence electrons. The predicted molar refractivity (Wildman–Crippen MR) is 139 cm³/mol. The summed E-state index contributed by atoms with van der Waals surface area (Å²) in [6.07, 6.45) is 5.37. The fraction of sp³-hybridized carbons (Fsp3) is 0.533. The summed E-state index contributed by atoms with van der Waals surface area (Å²) in [6.45, 7) is 11.4. The molecule has 0 aromatic heterocycles. The maximum absolute atomic E-state index is 14.0. The molecular formula is C30H33N3O4. The number of allylic oxidation sites excluding steroid dienone is 6. The van der Waals surface area contributed by atoms with Crippen molar-refractivity contribution >= 4 is 11.6 Å². The van der Waals surface area contributed by atoms with E-state index < -0.39 is 22.0 Å². The monoisotopic (exact) mass is 499 g/mol. The molecule has 0 saturated heterocycles. The third-order valence-corrected chi connectivity index (χ3v) is 10.7. The number of aliphatic hydroxyl groups is 2. The van der Waals surface area contributed by atoms with Crippen LogP contribution in [0.4, 0.5) is 0 Å². The zero-order chi connectivity index (χ0) is 26.9. The molecule has 6 aliphatic rings. The van der Waals surface area contributed by atoms with Gasteiger partial charge in [-0.05, 0) is 124 Å². The Morgan fingerprint density at radius 2 is 1.38 bits per heavy atom. The number of azide groups is 1. The van der Waals surface area contributed by atoms with Gasteiger partial charge in [-0.2, -0.15) is 0 Å². The van der Waals surface area contributed by atoms with Crippen LogP contribution in [0.25, 0.3) is 10.4 Å².